The number of morpholine rings is 1. The highest BCUT2D eigenvalue weighted by Gasteiger charge is 2.21. The number of ether oxygens (including phenoxy) is 1. The Bertz CT molecular complexity index is 643. The number of imidazole rings is 1. The predicted molar refractivity (Wildman–Crippen MR) is 71.3 cm³/mol. The number of nitrogens with two attached hydrogens (primary N) is 1. The summed E-state index contributed by atoms with van der Waals surface area (Å²) in [4.78, 5) is 6.11. The lowest BCUT2D eigenvalue weighted by molar-refractivity contribution is -0.0267. The van der Waals surface area contributed by atoms with Gasteiger partial charge in [-0.1, -0.05) is 0 Å². The monoisotopic (exact) mass is 282 g/mol. The van der Waals surface area contributed by atoms with E-state index in [1.807, 2.05) is 7.05 Å². The van der Waals surface area contributed by atoms with Crippen molar-refractivity contribution in [2.75, 3.05) is 32.5 Å². The summed E-state index contributed by atoms with van der Waals surface area (Å²) in [5.41, 5.74) is 6.27. The second kappa shape index (κ2) is 4.99. The van der Waals surface area contributed by atoms with Gasteiger partial charge in [-0.15, -0.1) is 0 Å². The van der Waals surface area contributed by atoms with Gasteiger partial charge in [0.25, 0.3) is 0 Å². The molecular weight excluding hydrogens is 266 g/mol. The van der Waals surface area contributed by atoms with Crippen molar-refractivity contribution in [3.63, 3.8) is 0 Å². The molecule has 0 amide bonds. The van der Waals surface area contributed by atoms with Crippen LogP contribution in [0.25, 0.3) is 11.0 Å². The summed E-state index contributed by atoms with van der Waals surface area (Å²) < 4.78 is 34.3. The number of hydrogen-bond acceptors (Lipinski definition) is 4. The first-order chi connectivity index (χ1) is 9.54. The molecule has 0 spiro atoms. The van der Waals surface area contributed by atoms with Crippen LogP contribution in [0.4, 0.5) is 14.7 Å². The average Bonchev–Trinajstić information content (AvgIpc) is 2.68. The summed E-state index contributed by atoms with van der Waals surface area (Å²) >= 11 is 0. The highest BCUT2D eigenvalue weighted by Crippen LogP contribution is 2.23. The molecule has 1 unspecified atom stereocenters. The fraction of sp³-hybridized carbons (Fsp3) is 0.462. The van der Waals surface area contributed by atoms with Crippen LogP contribution in [0, 0.1) is 11.6 Å². The zero-order valence-corrected chi connectivity index (χ0v) is 11.1. The van der Waals surface area contributed by atoms with Crippen LogP contribution >= 0.6 is 0 Å². The first-order valence-corrected chi connectivity index (χ1v) is 6.45. The average molecular weight is 282 g/mol. The van der Waals surface area contributed by atoms with E-state index in [0.717, 1.165) is 19.2 Å². The lowest BCUT2D eigenvalue weighted by Gasteiger charge is -2.30. The summed E-state index contributed by atoms with van der Waals surface area (Å²) in [7, 11) is 2.00. The van der Waals surface area contributed by atoms with E-state index in [4.69, 9.17) is 10.5 Å². The summed E-state index contributed by atoms with van der Waals surface area (Å²) in [6, 6.07) is 2.05. The minimum absolute atomic E-state index is 0.0696. The molecule has 5 nitrogen and oxygen atoms in total. The minimum atomic E-state index is -0.702. The quantitative estimate of drug-likeness (QED) is 0.900. The van der Waals surface area contributed by atoms with Gasteiger partial charge in [0.05, 0.1) is 24.8 Å². The van der Waals surface area contributed by atoms with E-state index in [0.29, 0.717) is 18.7 Å². The smallest absolute Gasteiger partial charge is 0.201 e. The molecule has 7 heteroatoms. The Morgan fingerprint density at radius 3 is 3.00 bits per heavy atom. The van der Waals surface area contributed by atoms with E-state index < -0.39 is 11.6 Å². The number of anilines is 1. The van der Waals surface area contributed by atoms with Crippen molar-refractivity contribution in [2.24, 2.45) is 0 Å². The van der Waals surface area contributed by atoms with Crippen molar-refractivity contribution in [1.29, 1.82) is 0 Å². The lowest BCUT2D eigenvalue weighted by Crippen LogP contribution is -2.42. The highest BCUT2D eigenvalue weighted by atomic mass is 19.1. The molecule has 1 aromatic heterocycles. The molecule has 1 atom stereocenters. The van der Waals surface area contributed by atoms with E-state index in [1.54, 1.807) is 4.57 Å². The van der Waals surface area contributed by atoms with Gasteiger partial charge in [-0.05, 0) is 7.05 Å². The molecule has 1 aromatic carbocycles. The second-order valence-corrected chi connectivity index (χ2v) is 5.09. The third-order valence-electron chi connectivity index (χ3n) is 3.53. The van der Waals surface area contributed by atoms with Gasteiger partial charge in [0, 0.05) is 25.2 Å². The van der Waals surface area contributed by atoms with Crippen molar-refractivity contribution in [1.82, 2.24) is 14.5 Å². The van der Waals surface area contributed by atoms with Gasteiger partial charge in [-0.25, -0.2) is 13.8 Å². The van der Waals surface area contributed by atoms with Gasteiger partial charge in [-0.3, -0.25) is 0 Å². The summed E-state index contributed by atoms with van der Waals surface area (Å²) in [5.74, 6) is -1.17. The maximum atomic E-state index is 13.7. The van der Waals surface area contributed by atoms with E-state index in [9.17, 15) is 8.78 Å². The van der Waals surface area contributed by atoms with Crippen molar-refractivity contribution in [3.8, 4) is 0 Å². The number of benzene rings is 1. The van der Waals surface area contributed by atoms with Gasteiger partial charge in [0.15, 0.2) is 5.82 Å². The third kappa shape index (κ3) is 2.34. The van der Waals surface area contributed by atoms with Crippen LogP contribution in [0.2, 0.25) is 0 Å². The molecule has 2 N–H and O–H groups in total. The number of hydrogen-bond donors (Lipinski definition) is 1. The molecule has 0 saturated carbocycles. The van der Waals surface area contributed by atoms with Crippen LogP contribution in [-0.2, 0) is 11.3 Å². The van der Waals surface area contributed by atoms with Crippen molar-refractivity contribution >= 4 is 17.0 Å². The van der Waals surface area contributed by atoms with Gasteiger partial charge in [-0.2, -0.15) is 0 Å². The molecule has 0 aliphatic carbocycles. The Labute approximate surface area is 114 Å². The molecule has 1 fully saturated rings. The summed E-state index contributed by atoms with van der Waals surface area (Å²) in [6.45, 7) is 2.68. The van der Waals surface area contributed by atoms with Crippen LogP contribution in [0.1, 0.15) is 0 Å². The highest BCUT2D eigenvalue weighted by molar-refractivity contribution is 5.79. The molecule has 0 bridgehead atoms. The topological polar surface area (TPSA) is 56.3 Å². The number of nitrogens with zero attached hydrogens (tertiary/aromatic N) is 3. The Morgan fingerprint density at radius 1 is 1.45 bits per heavy atom. The van der Waals surface area contributed by atoms with Crippen molar-refractivity contribution in [2.45, 2.75) is 12.6 Å². The Morgan fingerprint density at radius 2 is 2.25 bits per heavy atom. The number of halogens is 2. The Balaban J connectivity index is 1.96. The predicted octanol–water partition coefficient (Wildman–Crippen LogP) is 1.23. The zero-order chi connectivity index (χ0) is 14.3. The third-order valence-corrected chi connectivity index (χ3v) is 3.53. The van der Waals surface area contributed by atoms with Crippen LogP contribution in [0.5, 0.6) is 0 Å². The molecule has 20 heavy (non-hydrogen) atoms. The SMILES string of the molecule is CN1CCOC(Cn2c(N)nc3c(F)cc(F)cc32)C1. The standard InChI is InChI=1S/C13H16F2N4O/c1-18-2-3-20-9(6-18)7-19-11-5-8(14)4-10(15)12(11)17-13(19)16/h4-5,9H,2-3,6-7H2,1H3,(H2,16,17). The normalized spacial score (nSPS) is 20.6. The second-order valence-electron chi connectivity index (χ2n) is 5.09. The number of rotatable bonds is 2. The first kappa shape index (κ1) is 13.3. The van der Waals surface area contributed by atoms with E-state index in [1.165, 1.54) is 6.07 Å². The fourth-order valence-electron chi connectivity index (χ4n) is 2.54. The van der Waals surface area contributed by atoms with Crippen LogP contribution in [-0.4, -0.2) is 47.3 Å². The molecule has 1 aliphatic heterocycles. The van der Waals surface area contributed by atoms with Crippen LogP contribution < -0.4 is 5.73 Å². The molecule has 1 saturated heterocycles. The van der Waals surface area contributed by atoms with Crippen LogP contribution in [0.15, 0.2) is 12.1 Å². The molecule has 1 aliphatic rings. The molecule has 3 rings (SSSR count). The number of aromatic nitrogens is 2. The van der Waals surface area contributed by atoms with Gasteiger partial charge in [0.1, 0.15) is 11.3 Å². The first-order valence-electron chi connectivity index (χ1n) is 6.45. The molecule has 2 aromatic rings. The molecular formula is C13H16F2N4O. The van der Waals surface area contributed by atoms with Gasteiger partial charge < -0.3 is 19.9 Å². The summed E-state index contributed by atoms with van der Waals surface area (Å²) in [5, 5.41) is 0. The Hall–Kier alpha value is -1.73. The number of fused-ring (bicyclic) bond motifs is 1. The molecule has 108 valence electrons. The Kier molecular flexibility index (Phi) is 3.31. The van der Waals surface area contributed by atoms with E-state index >= 15 is 0 Å². The maximum absolute atomic E-state index is 13.7. The fourth-order valence-corrected chi connectivity index (χ4v) is 2.54. The van der Waals surface area contributed by atoms with E-state index in [-0.39, 0.29) is 17.6 Å². The zero-order valence-electron chi connectivity index (χ0n) is 11.1. The largest absolute Gasteiger partial charge is 0.374 e. The van der Waals surface area contributed by atoms with Gasteiger partial charge >= 0.3 is 0 Å². The van der Waals surface area contributed by atoms with Gasteiger partial charge in [0.2, 0.25) is 5.95 Å². The number of likely N-dealkylation sites (N-methyl/N-ethyl adjacent to an activating group) is 1. The van der Waals surface area contributed by atoms with Crippen molar-refractivity contribution < 1.29 is 13.5 Å². The minimum Gasteiger partial charge on any atom is -0.374 e. The van der Waals surface area contributed by atoms with E-state index in [2.05, 4.69) is 9.88 Å². The maximum Gasteiger partial charge on any atom is 0.201 e. The molecule has 0 radical (unpaired) electrons. The molecule has 2 heterocycles. The lowest BCUT2D eigenvalue weighted by atomic mass is 10.2. The van der Waals surface area contributed by atoms with Crippen molar-refractivity contribution in [3.05, 3.63) is 23.8 Å². The number of nitrogen functional groups attached to an aromatic ring is 1. The van der Waals surface area contributed by atoms with Crippen LogP contribution in [0.3, 0.4) is 0 Å². The summed E-state index contributed by atoms with van der Waals surface area (Å²) in [6.07, 6.45) is -0.0696.